The van der Waals surface area contributed by atoms with Crippen molar-refractivity contribution in [1.82, 2.24) is 15.0 Å². The number of primary sulfonamides is 1. The Balaban J connectivity index is 2.19. The van der Waals surface area contributed by atoms with Crippen molar-refractivity contribution < 1.29 is 17.2 Å². The quantitative estimate of drug-likeness (QED) is 0.891. The lowest BCUT2D eigenvalue weighted by Gasteiger charge is -2.12. The van der Waals surface area contributed by atoms with Crippen LogP contribution in [0.4, 0.5) is 8.78 Å². The van der Waals surface area contributed by atoms with E-state index < -0.39 is 27.7 Å². The van der Waals surface area contributed by atoms with Gasteiger partial charge in [0.15, 0.2) is 0 Å². The molecule has 2 aromatic rings. The third-order valence-electron chi connectivity index (χ3n) is 3.01. The Labute approximate surface area is 120 Å². The van der Waals surface area contributed by atoms with Gasteiger partial charge in [-0.05, 0) is 25.1 Å². The number of nitrogens with two attached hydrogens (primary N) is 1. The van der Waals surface area contributed by atoms with Crippen molar-refractivity contribution in [2.45, 2.75) is 19.4 Å². The standard InChI is InChI=1S/C12H14F2N4O2S/c1-8(11-6-9(13)2-3-12(11)14)18-7-10(16-17-18)4-5-21(15,19)20/h2-3,6-8H,4-5H2,1H3,(H2,15,19,20). The number of rotatable bonds is 5. The van der Waals surface area contributed by atoms with Crippen molar-refractivity contribution in [3.63, 3.8) is 0 Å². The summed E-state index contributed by atoms with van der Waals surface area (Å²) in [6.07, 6.45) is 1.59. The fraction of sp³-hybridized carbons (Fsp3) is 0.333. The predicted octanol–water partition coefficient (Wildman–Crippen LogP) is 0.997. The van der Waals surface area contributed by atoms with E-state index in [1.54, 1.807) is 6.92 Å². The van der Waals surface area contributed by atoms with Crippen LogP contribution in [0.25, 0.3) is 0 Å². The first kappa shape index (κ1) is 15.5. The van der Waals surface area contributed by atoms with E-state index >= 15 is 0 Å². The summed E-state index contributed by atoms with van der Waals surface area (Å²) >= 11 is 0. The Morgan fingerprint density at radius 3 is 2.76 bits per heavy atom. The van der Waals surface area contributed by atoms with E-state index in [4.69, 9.17) is 5.14 Å². The van der Waals surface area contributed by atoms with Gasteiger partial charge in [0.25, 0.3) is 0 Å². The average molecular weight is 316 g/mol. The summed E-state index contributed by atoms with van der Waals surface area (Å²) in [7, 11) is -3.58. The zero-order valence-corrected chi connectivity index (χ0v) is 12.0. The maximum atomic E-state index is 13.7. The van der Waals surface area contributed by atoms with Crippen LogP contribution in [0.3, 0.4) is 0 Å². The maximum absolute atomic E-state index is 13.7. The fourth-order valence-corrected chi connectivity index (χ4v) is 2.33. The third kappa shape index (κ3) is 4.05. The molecule has 1 heterocycles. The monoisotopic (exact) mass is 316 g/mol. The molecular formula is C12H14F2N4O2S. The summed E-state index contributed by atoms with van der Waals surface area (Å²) < 4.78 is 50.0. The third-order valence-corrected chi connectivity index (χ3v) is 3.78. The summed E-state index contributed by atoms with van der Waals surface area (Å²) in [6.45, 7) is 1.63. The molecule has 0 aliphatic heterocycles. The highest BCUT2D eigenvalue weighted by Crippen LogP contribution is 2.21. The highest BCUT2D eigenvalue weighted by atomic mass is 32.2. The molecule has 114 valence electrons. The van der Waals surface area contributed by atoms with Crippen LogP contribution in [0, 0.1) is 11.6 Å². The van der Waals surface area contributed by atoms with Crippen LogP contribution in [-0.4, -0.2) is 29.2 Å². The molecule has 0 radical (unpaired) electrons. The molecule has 1 atom stereocenters. The SMILES string of the molecule is CC(c1cc(F)ccc1F)n1cc(CCS(N)(=O)=O)nn1. The first-order chi connectivity index (χ1) is 9.76. The Morgan fingerprint density at radius 2 is 2.10 bits per heavy atom. The van der Waals surface area contributed by atoms with Gasteiger partial charge in [0.2, 0.25) is 10.0 Å². The van der Waals surface area contributed by atoms with Crippen LogP contribution in [0.15, 0.2) is 24.4 Å². The number of benzene rings is 1. The molecule has 0 aliphatic carbocycles. The summed E-state index contributed by atoms with van der Waals surface area (Å²) in [6, 6.07) is 2.59. The topological polar surface area (TPSA) is 90.9 Å². The lowest BCUT2D eigenvalue weighted by Crippen LogP contribution is -2.18. The normalized spacial score (nSPS) is 13.3. The molecule has 0 aliphatic rings. The van der Waals surface area contributed by atoms with E-state index in [2.05, 4.69) is 10.3 Å². The molecule has 0 spiro atoms. The average Bonchev–Trinajstić information content (AvgIpc) is 2.86. The second-order valence-corrected chi connectivity index (χ2v) is 6.38. The first-order valence-corrected chi connectivity index (χ1v) is 7.84. The van der Waals surface area contributed by atoms with Gasteiger partial charge < -0.3 is 0 Å². The highest BCUT2D eigenvalue weighted by Gasteiger charge is 2.16. The van der Waals surface area contributed by atoms with Gasteiger partial charge in [-0.1, -0.05) is 5.21 Å². The van der Waals surface area contributed by atoms with E-state index in [1.165, 1.54) is 10.9 Å². The molecule has 9 heteroatoms. The van der Waals surface area contributed by atoms with Crippen LogP contribution >= 0.6 is 0 Å². The summed E-state index contributed by atoms with van der Waals surface area (Å²) in [5, 5.41) is 12.5. The van der Waals surface area contributed by atoms with Crippen molar-refractivity contribution in [1.29, 1.82) is 0 Å². The zero-order valence-electron chi connectivity index (χ0n) is 11.2. The van der Waals surface area contributed by atoms with Crippen molar-refractivity contribution in [3.05, 3.63) is 47.3 Å². The molecule has 0 saturated carbocycles. The van der Waals surface area contributed by atoms with Gasteiger partial charge in [-0.25, -0.2) is 27.0 Å². The molecule has 2 rings (SSSR count). The second kappa shape index (κ2) is 5.86. The van der Waals surface area contributed by atoms with Gasteiger partial charge in [0.05, 0.1) is 17.5 Å². The molecule has 0 saturated heterocycles. The van der Waals surface area contributed by atoms with Crippen LogP contribution in [0.2, 0.25) is 0 Å². The van der Waals surface area contributed by atoms with Crippen molar-refractivity contribution in [2.75, 3.05) is 5.75 Å². The summed E-state index contributed by atoms with van der Waals surface area (Å²) in [4.78, 5) is 0. The molecular weight excluding hydrogens is 302 g/mol. The predicted molar refractivity (Wildman–Crippen MR) is 71.9 cm³/mol. The van der Waals surface area contributed by atoms with Crippen molar-refractivity contribution in [3.8, 4) is 0 Å². The van der Waals surface area contributed by atoms with Gasteiger partial charge in [0.1, 0.15) is 11.6 Å². The molecule has 0 fully saturated rings. The maximum Gasteiger partial charge on any atom is 0.209 e. The minimum atomic E-state index is -3.58. The minimum Gasteiger partial charge on any atom is -0.245 e. The van der Waals surface area contributed by atoms with E-state index in [9.17, 15) is 17.2 Å². The Bertz CT molecular complexity index is 745. The largest absolute Gasteiger partial charge is 0.245 e. The molecule has 1 aromatic heterocycles. The van der Waals surface area contributed by atoms with Gasteiger partial charge in [-0.2, -0.15) is 0 Å². The number of nitrogens with zero attached hydrogens (tertiary/aromatic N) is 3. The number of hydrogen-bond acceptors (Lipinski definition) is 4. The van der Waals surface area contributed by atoms with E-state index in [0.29, 0.717) is 5.69 Å². The van der Waals surface area contributed by atoms with Crippen LogP contribution in [-0.2, 0) is 16.4 Å². The Kier molecular flexibility index (Phi) is 4.33. The molecule has 21 heavy (non-hydrogen) atoms. The Hall–Kier alpha value is -1.87. The number of aromatic nitrogens is 3. The number of hydrogen-bond donors (Lipinski definition) is 1. The molecule has 6 nitrogen and oxygen atoms in total. The van der Waals surface area contributed by atoms with Gasteiger partial charge in [-0.15, -0.1) is 5.10 Å². The zero-order chi connectivity index (χ0) is 15.6. The highest BCUT2D eigenvalue weighted by molar-refractivity contribution is 7.89. The van der Waals surface area contributed by atoms with Crippen LogP contribution in [0.5, 0.6) is 0 Å². The van der Waals surface area contributed by atoms with Gasteiger partial charge in [-0.3, -0.25) is 0 Å². The Morgan fingerprint density at radius 1 is 1.38 bits per heavy atom. The minimum absolute atomic E-state index is 0.108. The van der Waals surface area contributed by atoms with Gasteiger partial charge in [0, 0.05) is 18.2 Å². The van der Waals surface area contributed by atoms with E-state index in [-0.39, 0.29) is 17.7 Å². The first-order valence-electron chi connectivity index (χ1n) is 6.12. The molecule has 0 bridgehead atoms. The summed E-state index contributed by atoms with van der Waals surface area (Å²) in [5.74, 6) is -1.35. The second-order valence-electron chi connectivity index (χ2n) is 4.65. The van der Waals surface area contributed by atoms with Crippen molar-refractivity contribution >= 4 is 10.0 Å². The van der Waals surface area contributed by atoms with Crippen LogP contribution < -0.4 is 5.14 Å². The smallest absolute Gasteiger partial charge is 0.209 e. The lowest BCUT2D eigenvalue weighted by molar-refractivity contribution is 0.501. The number of aryl methyl sites for hydroxylation is 1. The molecule has 1 aromatic carbocycles. The van der Waals surface area contributed by atoms with Crippen LogP contribution in [0.1, 0.15) is 24.2 Å². The van der Waals surface area contributed by atoms with Crippen molar-refractivity contribution in [2.24, 2.45) is 5.14 Å². The lowest BCUT2D eigenvalue weighted by atomic mass is 10.1. The summed E-state index contributed by atoms with van der Waals surface area (Å²) in [5.41, 5.74) is 0.547. The number of sulfonamides is 1. The van der Waals surface area contributed by atoms with E-state index in [0.717, 1.165) is 18.2 Å². The molecule has 2 N–H and O–H groups in total. The number of halogens is 2. The molecule has 1 unspecified atom stereocenters. The fourth-order valence-electron chi connectivity index (χ4n) is 1.84. The van der Waals surface area contributed by atoms with E-state index in [1.807, 2.05) is 0 Å². The van der Waals surface area contributed by atoms with Gasteiger partial charge >= 0.3 is 0 Å². The molecule has 0 amide bonds.